The number of carbonyl (C=O) groups is 2. The van der Waals surface area contributed by atoms with Crippen LogP contribution in [-0.2, 0) is 9.59 Å². The molecule has 0 saturated carbocycles. The molecule has 0 spiro atoms. The van der Waals surface area contributed by atoms with Crippen LogP contribution in [0.25, 0.3) is 0 Å². The van der Waals surface area contributed by atoms with Crippen molar-refractivity contribution >= 4 is 50.9 Å². The molecule has 0 fully saturated rings. The van der Waals surface area contributed by atoms with Crippen LogP contribution in [-0.4, -0.2) is 11.8 Å². The highest BCUT2D eigenvalue weighted by atomic mass is 79.9. The second-order valence-corrected chi connectivity index (χ2v) is 5.91. The highest BCUT2D eigenvalue weighted by Crippen LogP contribution is 2.19. The molecule has 22 heavy (non-hydrogen) atoms. The smallest absolute Gasteiger partial charge is 0.314 e. The minimum absolute atomic E-state index is 0.484. The van der Waals surface area contributed by atoms with Crippen molar-refractivity contribution < 1.29 is 9.59 Å². The second-order valence-electron chi connectivity index (χ2n) is 4.13. The molecule has 7 heteroatoms. The third-order valence-corrected chi connectivity index (χ3v) is 3.71. The van der Waals surface area contributed by atoms with Crippen molar-refractivity contribution in [2.75, 3.05) is 10.6 Å². The summed E-state index contributed by atoms with van der Waals surface area (Å²) in [5.74, 6) is -1.51. The van der Waals surface area contributed by atoms with Crippen LogP contribution in [0.4, 0.5) is 11.4 Å². The largest absolute Gasteiger partial charge is 0.318 e. The molecule has 0 heterocycles. The molecule has 2 rings (SSSR count). The Balaban J connectivity index is 1.95. The average Bonchev–Trinajstić information content (AvgIpc) is 2.51. The molecule has 5 nitrogen and oxygen atoms in total. The molecule has 0 unspecified atom stereocenters. The summed E-state index contributed by atoms with van der Waals surface area (Å²) in [6.45, 7) is 0. The zero-order valence-corrected chi connectivity index (χ0v) is 13.6. The molecule has 2 amide bonds. The maximum atomic E-state index is 11.8. The lowest BCUT2D eigenvalue weighted by molar-refractivity contribution is -0.132. The van der Waals surface area contributed by atoms with Gasteiger partial charge in [0, 0.05) is 20.7 Å². The van der Waals surface area contributed by atoms with E-state index in [-0.39, 0.29) is 0 Å². The number of rotatable bonds is 3. The third-order valence-electron chi connectivity index (χ3n) is 2.58. The Labute approximate surface area is 139 Å². The number of hydrogen-bond acceptors (Lipinski definition) is 4. The van der Waals surface area contributed by atoms with E-state index in [0.717, 1.165) is 21.1 Å². The van der Waals surface area contributed by atoms with Crippen molar-refractivity contribution in [1.29, 1.82) is 5.26 Å². The number of hydrogen-bond donors (Lipinski definition) is 2. The lowest BCUT2D eigenvalue weighted by atomic mass is 10.3. The zero-order chi connectivity index (χ0) is 15.9. The highest BCUT2D eigenvalue weighted by molar-refractivity contribution is 9.10. The summed E-state index contributed by atoms with van der Waals surface area (Å²) in [5, 5.41) is 15.5. The molecule has 0 aliphatic carbocycles. The Morgan fingerprint density at radius 3 is 1.82 bits per heavy atom. The van der Waals surface area contributed by atoms with Crippen molar-refractivity contribution in [3.63, 3.8) is 0 Å². The standard InChI is InChI=1S/C15H10BrN3O2S/c16-10-1-3-11(4-2-10)18-14(20)15(21)19-12-5-7-13(8-6-12)22-9-17/h1-8H,(H,18,20)(H,19,21). The molecule has 0 atom stereocenters. The third kappa shape index (κ3) is 4.62. The highest BCUT2D eigenvalue weighted by Gasteiger charge is 2.13. The van der Waals surface area contributed by atoms with Crippen molar-refractivity contribution in [1.82, 2.24) is 0 Å². The molecule has 0 aliphatic rings. The Hall–Kier alpha value is -2.30. The predicted octanol–water partition coefficient (Wildman–Crippen LogP) is 3.60. The Morgan fingerprint density at radius 2 is 1.36 bits per heavy atom. The van der Waals surface area contributed by atoms with Crippen LogP contribution in [0.1, 0.15) is 0 Å². The number of nitrogens with zero attached hydrogens (tertiary/aromatic N) is 1. The first-order chi connectivity index (χ1) is 10.6. The van der Waals surface area contributed by atoms with E-state index in [4.69, 9.17) is 5.26 Å². The Bertz CT molecular complexity index is 724. The number of nitriles is 1. The van der Waals surface area contributed by atoms with Gasteiger partial charge >= 0.3 is 11.8 Å². The SMILES string of the molecule is N#CSc1ccc(NC(=O)C(=O)Nc2ccc(Br)cc2)cc1. The summed E-state index contributed by atoms with van der Waals surface area (Å²) in [5.41, 5.74) is 1.02. The van der Waals surface area contributed by atoms with E-state index >= 15 is 0 Å². The van der Waals surface area contributed by atoms with E-state index in [1.807, 2.05) is 5.40 Å². The number of thioether (sulfide) groups is 1. The molecular weight excluding hydrogens is 366 g/mol. The number of anilines is 2. The minimum Gasteiger partial charge on any atom is -0.318 e. The number of nitrogens with one attached hydrogen (secondary N) is 2. The maximum Gasteiger partial charge on any atom is 0.314 e. The van der Waals surface area contributed by atoms with Crippen molar-refractivity contribution in [3.8, 4) is 5.40 Å². The molecule has 0 radical (unpaired) electrons. The Morgan fingerprint density at radius 1 is 0.909 bits per heavy atom. The van der Waals surface area contributed by atoms with Crippen LogP contribution in [0.15, 0.2) is 57.9 Å². The molecule has 0 aliphatic heterocycles. The van der Waals surface area contributed by atoms with Crippen molar-refractivity contribution in [3.05, 3.63) is 53.0 Å². The molecule has 2 N–H and O–H groups in total. The molecule has 0 saturated heterocycles. The van der Waals surface area contributed by atoms with Gasteiger partial charge in [-0.15, -0.1) is 0 Å². The zero-order valence-electron chi connectivity index (χ0n) is 11.2. The second kappa shape index (κ2) is 7.64. The molecule has 2 aromatic rings. The first-order valence-corrected chi connectivity index (χ1v) is 7.73. The monoisotopic (exact) mass is 375 g/mol. The number of benzene rings is 2. The van der Waals surface area contributed by atoms with Gasteiger partial charge in [-0.1, -0.05) is 15.9 Å². The first kappa shape index (κ1) is 16.1. The quantitative estimate of drug-likeness (QED) is 0.487. The normalized spacial score (nSPS) is 9.64. The van der Waals surface area contributed by atoms with Gasteiger partial charge in [-0.05, 0) is 60.3 Å². The van der Waals surface area contributed by atoms with Gasteiger partial charge in [-0.25, -0.2) is 0 Å². The van der Waals surface area contributed by atoms with Gasteiger partial charge in [0.05, 0.1) is 0 Å². The lowest BCUT2D eigenvalue weighted by Crippen LogP contribution is -2.29. The van der Waals surface area contributed by atoms with Crippen LogP contribution in [0.2, 0.25) is 0 Å². The molecule has 0 bridgehead atoms. The summed E-state index contributed by atoms with van der Waals surface area (Å²) in [7, 11) is 0. The fourth-order valence-electron chi connectivity index (χ4n) is 1.57. The topological polar surface area (TPSA) is 82.0 Å². The number of thiocyanates is 1. The first-order valence-electron chi connectivity index (χ1n) is 6.12. The predicted molar refractivity (Wildman–Crippen MR) is 89.3 cm³/mol. The maximum absolute atomic E-state index is 11.8. The lowest BCUT2D eigenvalue weighted by Gasteiger charge is -2.07. The summed E-state index contributed by atoms with van der Waals surface area (Å²) >= 11 is 4.31. The van der Waals surface area contributed by atoms with Gasteiger partial charge < -0.3 is 10.6 Å². The number of amides is 2. The van der Waals surface area contributed by atoms with Crippen LogP contribution in [0, 0.1) is 10.7 Å². The van der Waals surface area contributed by atoms with Gasteiger partial charge in [-0.2, -0.15) is 5.26 Å². The average molecular weight is 376 g/mol. The van der Waals surface area contributed by atoms with Gasteiger partial charge in [0.25, 0.3) is 0 Å². The van der Waals surface area contributed by atoms with E-state index in [1.54, 1.807) is 48.5 Å². The fourth-order valence-corrected chi connectivity index (χ4v) is 2.21. The molecular formula is C15H10BrN3O2S. The van der Waals surface area contributed by atoms with Crippen molar-refractivity contribution in [2.24, 2.45) is 0 Å². The van der Waals surface area contributed by atoms with Gasteiger partial charge in [-0.3, -0.25) is 9.59 Å². The van der Waals surface area contributed by atoms with Crippen molar-refractivity contribution in [2.45, 2.75) is 4.90 Å². The van der Waals surface area contributed by atoms with E-state index < -0.39 is 11.8 Å². The molecule has 110 valence electrons. The van der Waals surface area contributed by atoms with Gasteiger partial charge in [0.2, 0.25) is 0 Å². The van der Waals surface area contributed by atoms with Crippen LogP contribution < -0.4 is 10.6 Å². The summed E-state index contributed by atoms with van der Waals surface area (Å²) in [6, 6.07) is 13.5. The van der Waals surface area contributed by atoms with E-state index in [1.165, 1.54) is 0 Å². The van der Waals surface area contributed by atoms with Gasteiger partial charge in [0.15, 0.2) is 0 Å². The van der Waals surface area contributed by atoms with Crippen LogP contribution in [0.5, 0.6) is 0 Å². The van der Waals surface area contributed by atoms with Crippen LogP contribution in [0.3, 0.4) is 0 Å². The van der Waals surface area contributed by atoms with E-state index in [0.29, 0.717) is 11.4 Å². The summed E-state index contributed by atoms with van der Waals surface area (Å²) in [4.78, 5) is 24.4. The molecule has 0 aromatic heterocycles. The van der Waals surface area contributed by atoms with Gasteiger partial charge in [0.1, 0.15) is 5.40 Å². The Kier molecular flexibility index (Phi) is 5.58. The van der Waals surface area contributed by atoms with Crippen LogP contribution >= 0.6 is 27.7 Å². The number of halogens is 1. The minimum atomic E-state index is -0.761. The van der Waals surface area contributed by atoms with E-state index in [2.05, 4.69) is 26.6 Å². The molecule has 2 aromatic carbocycles. The fraction of sp³-hybridized carbons (Fsp3) is 0. The number of carbonyl (C=O) groups excluding carboxylic acids is 2. The summed E-state index contributed by atoms with van der Waals surface area (Å²) in [6.07, 6.45) is 0. The summed E-state index contributed by atoms with van der Waals surface area (Å²) < 4.78 is 0.880. The van der Waals surface area contributed by atoms with E-state index in [9.17, 15) is 9.59 Å².